The Balaban J connectivity index is 2.49. The second kappa shape index (κ2) is 6.01. The molecule has 1 aromatic heterocycles. The Kier molecular flexibility index (Phi) is 4.55. The molecule has 0 saturated heterocycles. The van der Waals surface area contributed by atoms with Gasteiger partial charge in [-0.2, -0.15) is 0 Å². The molecule has 3 nitrogen and oxygen atoms in total. The third kappa shape index (κ3) is 3.24. The van der Waals surface area contributed by atoms with Gasteiger partial charge in [-0.15, -0.1) is 11.3 Å². The first-order chi connectivity index (χ1) is 9.38. The van der Waals surface area contributed by atoms with Gasteiger partial charge >= 0.3 is 5.97 Å². The van der Waals surface area contributed by atoms with Gasteiger partial charge in [0.25, 0.3) is 0 Å². The minimum absolute atomic E-state index is 0.255. The quantitative estimate of drug-likeness (QED) is 0.869. The van der Waals surface area contributed by atoms with Crippen molar-refractivity contribution in [2.75, 3.05) is 0 Å². The molecule has 0 aliphatic heterocycles. The van der Waals surface area contributed by atoms with E-state index < -0.39 is 5.97 Å². The van der Waals surface area contributed by atoms with Gasteiger partial charge in [-0.25, -0.2) is 14.2 Å². The van der Waals surface area contributed by atoms with E-state index in [0.29, 0.717) is 33.1 Å². The van der Waals surface area contributed by atoms with Crippen molar-refractivity contribution >= 4 is 33.2 Å². The largest absolute Gasteiger partial charge is 0.477 e. The molecule has 0 radical (unpaired) electrons. The molecule has 0 aliphatic rings. The van der Waals surface area contributed by atoms with E-state index in [9.17, 15) is 14.3 Å². The number of thiazole rings is 1. The van der Waals surface area contributed by atoms with Crippen molar-refractivity contribution in [3.63, 3.8) is 0 Å². The molecule has 0 fully saturated rings. The van der Waals surface area contributed by atoms with E-state index in [0.717, 1.165) is 11.3 Å². The Morgan fingerprint density at radius 2 is 2.20 bits per heavy atom. The summed E-state index contributed by atoms with van der Waals surface area (Å²) >= 11 is 4.40. The summed E-state index contributed by atoms with van der Waals surface area (Å²) in [6.45, 7) is 4.02. The topological polar surface area (TPSA) is 50.2 Å². The van der Waals surface area contributed by atoms with Crippen molar-refractivity contribution in [1.29, 1.82) is 0 Å². The van der Waals surface area contributed by atoms with Gasteiger partial charge in [-0.05, 0) is 46.5 Å². The molecule has 0 aliphatic carbocycles. The number of carbonyl (C=O) groups is 1. The number of aromatic carboxylic acids is 1. The maximum atomic E-state index is 13.1. The lowest BCUT2D eigenvalue weighted by molar-refractivity contribution is 0.0700. The van der Waals surface area contributed by atoms with Crippen LogP contribution in [-0.2, 0) is 6.42 Å². The second-order valence-corrected chi connectivity index (χ2v) is 6.68. The molecule has 2 aromatic rings. The van der Waals surface area contributed by atoms with E-state index in [1.54, 1.807) is 6.07 Å². The highest BCUT2D eigenvalue weighted by molar-refractivity contribution is 9.10. The summed E-state index contributed by atoms with van der Waals surface area (Å²) in [7, 11) is 0. The molecule has 1 heterocycles. The van der Waals surface area contributed by atoms with E-state index in [-0.39, 0.29) is 10.7 Å². The van der Waals surface area contributed by atoms with Crippen molar-refractivity contribution in [3.05, 3.63) is 39.1 Å². The first kappa shape index (κ1) is 15.1. The van der Waals surface area contributed by atoms with Gasteiger partial charge in [-0.3, -0.25) is 0 Å². The highest BCUT2D eigenvalue weighted by Crippen LogP contribution is 2.34. The summed E-state index contributed by atoms with van der Waals surface area (Å²) in [5, 5.41) is 9.84. The maximum absolute atomic E-state index is 13.1. The maximum Gasteiger partial charge on any atom is 0.347 e. The fourth-order valence-electron chi connectivity index (χ4n) is 1.82. The Morgan fingerprint density at radius 1 is 1.50 bits per heavy atom. The number of carboxylic acids is 1. The summed E-state index contributed by atoms with van der Waals surface area (Å²) in [4.78, 5) is 16.0. The van der Waals surface area contributed by atoms with Crippen LogP contribution in [-0.4, -0.2) is 16.1 Å². The SMILES string of the molecule is CC(C)Cc1nc(-c2ccc(F)cc2Br)sc1C(=O)O. The average Bonchev–Trinajstić information content (AvgIpc) is 2.71. The van der Waals surface area contributed by atoms with Crippen LogP contribution in [0.25, 0.3) is 10.6 Å². The minimum Gasteiger partial charge on any atom is -0.477 e. The normalized spacial score (nSPS) is 11.1. The molecule has 0 unspecified atom stereocenters. The van der Waals surface area contributed by atoms with Crippen molar-refractivity contribution < 1.29 is 14.3 Å². The predicted molar refractivity (Wildman–Crippen MR) is 80.7 cm³/mol. The molecule has 0 saturated carbocycles. The lowest BCUT2D eigenvalue weighted by atomic mass is 10.1. The number of nitrogens with zero attached hydrogens (tertiary/aromatic N) is 1. The third-order valence-electron chi connectivity index (χ3n) is 2.65. The molecule has 0 atom stereocenters. The van der Waals surface area contributed by atoms with Crippen LogP contribution < -0.4 is 0 Å². The van der Waals surface area contributed by atoms with E-state index in [1.165, 1.54) is 12.1 Å². The van der Waals surface area contributed by atoms with E-state index in [2.05, 4.69) is 20.9 Å². The lowest BCUT2D eigenvalue weighted by Crippen LogP contribution is -2.02. The van der Waals surface area contributed by atoms with Crippen LogP contribution in [0.15, 0.2) is 22.7 Å². The van der Waals surface area contributed by atoms with Crippen molar-refractivity contribution in [1.82, 2.24) is 4.98 Å². The molecule has 0 bridgehead atoms. The van der Waals surface area contributed by atoms with Crippen LogP contribution in [0.1, 0.15) is 29.2 Å². The van der Waals surface area contributed by atoms with Crippen LogP contribution in [0, 0.1) is 11.7 Å². The fourth-order valence-corrected chi connectivity index (χ4v) is 3.46. The Hall–Kier alpha value is -1.27. The summed E-state index contributed by atoms with van der Waals surface area (Å²) < 4.78 is 13.7. The van der Waals surface area contributed by atoms with Crippen LogP contribution in [0.5, 0.6) is 0 Å². The van der Waals surface area contributed by atoms with E-state index >= 15 is 0 Å². The fraction of sp³-hybridized carbons (Fsp3) is 0.286. The Morgan fingerprint density at radius 3 is 2.75 bits per heavy atom. The Labute approximate surface area is 128 Å². The third-order valence-corrected chi connectivity index (χ3v) is 4.43. The van der Waals surface area contributed by atoms with Gasteiger partial charge in [-0.1, -0.05) is 13.8 Å². The van der Waals surface area contributed by atoms with Crippen molar-refractivity contribution in [3.8, 4) is 10.6 Å². The Bertz CT molecular complexity index is 655. The first-order valence-corrected chi connectivity index (χ1v) is 7.68. The van der Waals surface area contributed by atoms with Crippen molar-refractivity contribution in [2.24, 2.45) is 5.92 Å². The number of halogens is 2. The van der Waals surface area contributed by atoms with Gasteiger partial charge in [0.2, 0.25) is 0 Å². The standard InChI is InChI=1S/C14H13BrFNO2S/c1-7(2)5-11-12(14(18)19)20-13(17-11)9-4-3-8(16)6-10(9)15/h3-4,6-7H,5H2,1-2H3,(H,18,19). The summed E-state index contributed by atoms with van der Waals surface area (Å²) in [6.07, 6.45) is 0.608. The summed E-state index contributed by atoms with van der Waals surface area (Å²) in [6, 6.07) is 4.28. The summed E-state index contributed by atoms with van der Waals surface area (Å²) in [5.41, 5.74) is 1.29. The molecular formula is C14H13BrFNO2S. The number of rotatable bonds is 4. The molecule has 2 rings (SSSR count). The number of benzene rings is 1. The number of hydrogen-bond acceptors (Lipinski definition) is 3. The van der Waals surface area contributed by atoms with Crippen LogP contribution in [0.4, 0.5) is 4.39 Å². The average molecular weight is 358 g/mol. The van der Waals surface area contributed by atoms with Crippen molar-refractivity contribution in [2.45, 2.75) is 20.3 Å². The first-order valence-electron chi connectivity index (χ1n) is 6.07. The zero-order valence-corrected chi connectivity index (χ0v) is 13.4. The number of aromatic nitrogens is 1. The molecule has 106 valence electrons. The lowest BCUT2D eigenvalue weighted by Gasteiger charge is -2.02. The predicted octanol–water partition coefficient (Wildman–Crippen LogP) is 4.61. The van der Waals surface area contributed by atoms with Crippen LogP contribution in [0.2, 0.25) is 0 Å². The van der Waals surface area contributed by atoms with Gasteiger partial charge in [0.1, 0.15) is 15.7 Å². The monoisotopic (exact) mass is 357 g/mol. The highest BCUT2D eigenvalue weighted by atomic mass is 79.9. The molecule has 0 amide bonds. The molecule has 20 heavy (non-hydrogen) atoms. The molecule has 1 N–H and O–H groups in total. The summed E-state index contributed by atoms with van der Waals surface area (Å²) in [5.74, 6) is -1.000. The van der Waals surface area contributed by atoms with Gasteiger partial charge in [0.15, 0.2) is 0 Å². The van der Waals surface area contributed by atoms with Gasteiger partial charge in [0.05, 0.1) is 5.69 Å². The molecule has 1 aromatic carbocycles. The van der Waals surface area contributed by atoms with Gasteiger partial charge < -0.3 is 5.11 Å². The minimum atomic E-state index is -0.970. The van der Waals surface area contributed by atoms with E-state index in [4.69, 9.17) is 0 Å². The second-order valence-electron chi connectivity index (χ2n) is 4.82. The van der Waals surface area contributed by atoms with Crippen LogP contribution >= 0.6 is 27.3 Å². The zero-order valence-electron chi connectivity index (χ0n) is 11.0. The number of carboxylic acid groups (broad SMARTS) is 1. The highest BCUT2D eigenvalue weighted by Gasteiger charge is 2.20. The molecule has 6 heteroatoms. The zero-order chi connectivity index (χ0) is 14.9. The van der Waals surface area contributed by atoms with E-state index in [1.807, 2.05) is 13.8 Å². The smallest absolute Gasteiger partial charge is 0.347 e. The number of hydrogen-bond donors (Lipinski definition) is 1. The van der Waals surface area contributed by atoms with Crippen LogP contribution in [0.3, 0.4) is 0 Å². The van der Waals surface area contributed by atoms with Gasteiger partial charge in [0, 0.05) is 10.0 Å². The molecular weight excluding hydrogens is 345 g/mol. The molecule has 0 spiro atoms.